The molecule has 4 rings (SSSR count). The number of aromatic nitrogens is 2. The lowest BCUT2D eigenvalue weighted by Gasteiger charge is -2.30. The smallest absolute Gasteiger partial charge is 0.315 e. The molecule has 1 aliphatic rings. The quantitative estimate of drug-likeness (QED) is 0.519. The van der Waals surface area contributed by atoms with E-state index < -0.39 is 0 Å². The Labute approximate surface area is 187 Å². The molecule has 164 valence electrons. The SMILES string of the molecule is CN(C)c1nc(NC2CCC(NC(=O)NCCc3cccs3)CC2)nc2ccccc12. The zero-order valence-electron chi connectivity index (χ0n) is 18.1. The highest BCUT2D eigenvalue weighted by Gasteiger charge is 2.23. The molecule has 2 amide bonds. The summed E-state index contributed by atoms with van der Waals surface area (Å²) in [6.07, 6.45) is 4.73. The predicted octanol–water partition coefficient (Wildman–Crippen LogP) is 4.02. The highest BCUT2D eigenvalue weighted by atomic mass is 32.1. The number of nitrogens with zero attached hydrogens (tertiary/aromatic N) is 3. The fourth-order valence-corrected chi connectivity index (χ4v) is 4.73. The number of hydrogen-bond acceptors (Lipinski definition) is 6. The maximum Gasteiger partial charge on any atom is 0.315 e. The lowest BCUT2D eigenvalue weighted by Crippen LogP contribution is -2.45. The molecule has 0 bridgehead atoms. The minimum absolute atomic E-state index is 0.0681. The van der Waals surface area contributed by atoms with Gasteiger partial charge in [0.05, 0.1) is 5.52 Å². The van der Waals surface area contributed by atoms with Crippen LogP contribution in [0.15, 0.2) is 41.8 Å². The molecule has 3 aromatic rings. The molecular weight excluding hydrogens is 408 g/mol. The van der Waals surface area contributed by atoms with Gasteiger partial charge in [0.1, 0.15) is 5.82 Å². The molecular formula is C23H30N6OS. The van der Waals surface area contributed by atoms with Crippen molar-refractivity contribution in [3.63, 3.8) is 0 Å². The van der Waals surface area contributed by atoms with E-state index in [9.17, 15) is 4.79 Å². The molecule has 1 aliphatic carbocycles. The Bertz CT molecular complexity index is 998. The van der Waals surface area contributed by atoms with E-state index in [1.165, 1.54) is 4.88 Å². The molecule has 2 aromatic heterocycles. The van der Waals surface area contributed by atoms with Crippen LogP contribution in [0.2, 0.25) is 0 Å². The van der Waals surface area contributed by atoms with E-state index in [0.717, 1.165) is 48.8 Å². The van der Waals surface area contributed by atoms with Crippen molar-refractivity contribution in [2.45, 2.75) is 44.2 Å². The second kappa shape index (κ2) is 9.96. The van der Waals surface area contributed by atoms with E-state index in [-0.39, 0.29) is 12.1 Å². The number of nitrogens with one attached hydrogen (secondary N) is 3. The van der Waals surface area contributed by atoms with Crippen molar-refractivity contribution in [3.05, 3.63) is 46.7 Å². The summed E-state index contributed by atoms with van der Waals surface area (Å²) >= 11 is 1.72. The normalized spacial score (nSPS) is 18.5. The number of para-hydroxylation sites is 1. The summed E-state index contributed by atoms with van der Waals surface area (Å²) in [5, 5.41) is 12.7. The van der Waals surface area contributed by atoms with Crippen molar-refractivity contribution in [2.24, 2.45) is 0 Å². The fraction of sp³-hybridized carbons (Fsp3) is 0.435. The van der Waals surface area contributed by atoms with Crippen LogP contribution in [0.5, 0.6) is 0 Å². The maximum absolute atomic E-state index is 12.2. The third-order valence-corrected chi connectivity index (χ3v) is 6.58. The summed E-state index contributed by atoms with van der Waals surface area (Å²) in [6.45, 7) is 0.663. The van der Waals surface area contributed by atoms with E-state index in [4.69, 9.17) is 9.97 Å². The van der Waals surface area contributed by atoms with Gasteiger partial charge in [0.15, 0.2) is 0 Å². The summed E-state index contributed by atoms with van der Waals surface area (Å²) in [5.74, 6) is 1.59. The molecule has 0 aliphatic heterocycles. The van der Waals surface area contributed by atoms with Crippen LogP contribution in [0.3, 0.4) is 0 Å². The molecule has 1 fully saturated rings. The van der Waals surface area contributed by atoms with Gasteiger partial charge in [-0.3, -0.25) is 0 Å². The zero-order valence-corrected chi connectivity index (χ0v) is 18.9. The molecule has 8 heteroatoms. The van der Waals surface area contributed by atoms with E-state index >= 15 is 0 Å². The number of thiophene rings is 1. The van der Waals surface area contributed by atoms with E-state index in [2.05, 4.69) is 33.5 Å². The van der Waals surface area contributed by atoms with Crippen molar-refractivity contribution >= 4 is 40.0 Å². The minimum Gasteiger partial charge on any atom is -0.362 e. The number of benzene rings is 1. The molecule has 2 heterocycles. The first-order valence-electron chi connectivity index (χ1n) is 10.9. The van der Waals surface area contributed by atoms with Crippen LogP contribution in [0, 0.1) is 0 Å². The topological polar surface area (TPSA) is 82.2 Å². The van der Waals surface area contributed by atoms with Gasteiger partial charge in [0.2, 0.25) is 5.95 Å². The number of carbonyl (C=O) groups is 1. The van der Waals surface area contributed by atoms with E-state index in [0.29, 0.717) is 18.5 Å². The molecule has 31 heavy (non-hydrogen) atoms. The van der Waals surface area contributed by atoms with Gasteiger partial charge in [0, 0.05) is 43.0 Å². The van der Waals surface area contributed by atoms with Gasteiger partial charge in [0.25, 0.3) is 0 Å². The highest BCUT2D eigenvalue weighted by molar-refractivity contribution is 7.09. The Balaban J connectivity index is 1.26. The van der Waals surface area contributed by atoms with Crippen LogP contribution >= 0.6 is 11.3 Å². The van der Waals surface area contributed by atoms with Gasteiger partial charge in [-0.15, -0.1) is 11.3 Å². The van der Waals surface area contributed by atoms with Crippen LogP contribution in [-0.4, -0.2) is 48.7 Å². The van der Waals surface area contributed by atoms with E-state index in [1.54, 1.807) is 11.3 Å². The Morgan fingerprint density at radius 3 is 2.58 bits per heavy atom. The van der Waals surface area contributed by atoms with Crippen LogP contribution in [0.25, 0.3) is 10.9 Å². The van der Waals surface area contributed by atoms with Crippen molar-refractivity contribution < 1.29 is 4.79 Å². The highest BCUT2D eigenvalue weighted by Crippen LogP contribution is 2.26. The number of carbonyl (C=O) groups excluding carboxylic acids is 1. The molecule has 0 radical (unpaired) electrons. The largest absolute Gasteiger partial charge is 0.362 e. The second-order valence-corrected chi connectivity index (χ2v) is 9.24. The van der Waals surface area contributed by atoms with Gasteiger partial charge in [-0.25, -0.2) is 9.78 Å². The molecule has 0 atom stereocenters. The third kappa shape index (κ3) is 5.64. The number of fused-ring (bicyclic) bond motifs is 1. The van der Waals surface area contributed by atoms with Crippen molar-refractivity contribution in [1.29, 1.82) is 0 Å². The summed E-state index contributed by atoms with van der Waals surface area (Å²) in [4.78, 5) is 24.9. The number of anilines is 2. The van der Waals surface area contributed by atoms with Crippen LogP contribution < -0.4 is 20.9 Å². The predicted molar refractivity (Wildman–Crippen MR) is 128 cm³/mol. The molecule has 3 N–H and O–H groups in total. The first-order chi connectivity index (χ1) is 15.1. The lowest BCUT2D eigenvalue weighted by molar-refractivity contribution is 0.232. The van der Waals surface area contributed by atoms with Gasteiger partial charge in [-0.05, 0) is 55.7 Å². The lowest BCUT2D eigenvalue weighted by atomic mass is 9.91. The molecule has 1 aromatic carbocycles. The third-order valence-electron chi connectivity index (χ3n) is 5.64. The van der Waals surface area contributed by atoms with Gasteiger partial charge >= 0.3 is 6.03 Å². The standard InChI is InChI=1S/C23H30N6OS/c1-29(2)21-19-7-3-4-8-20(19)27-22(28-21)25-16-9-11-17(12-10-16)26-23(30)24-14-13-18-6-5-15-31-18/h3-8,15-17H,9-14H2,1-2H3,(H2,24,26,30)(H,25,27,28). The van der Waals surface area contributed by atoms with Crippen LogP contribution in [-0.2, 0) is 6.42 Å². The fourth-order valence-electron chi connectivity index (χ4n) is 4.02. The molecule has 0 unspecified atom stereocenters. The summed E-state index contributed by atoms with van der Waals surface area (Å²) < 4.78 is 0. The maximum atomic E-state index is 12.2. The first kappa shape index (κ1) is 21.4. The second-order valence-electron chi connectivity index (χ2n) is 8.20. The monoisotopic (exact) mass is 438 g/mol. The summed E-state index contributed by atoms with van der Waals surface area (Å²) in [5.41, 5.74) is 0.943. The van der Waals surface area contributed by atoms with Crippen molar-refractivity contribution in [3.8, 4) is 0 Å². The number of hydrogen-bond donors (Lipinski definition) is 3. The van der Waals surface area contributed by atoms with Gasteiger partial charge in [-0.2, -0.15) is 4.98 Å². The molecule has 0 spiro atoms. The van der Waals surface area contributed by atoms with Crippen LogP contribution in [0.1, 0.15) is 30.6 Å². The van der Waals surface area contributed by atoms with Crippen molar-refractivity contribution in [1.82, 2.24) is 20.6 Å². The Morgan fingerprint density at radius 2 is 1.84 bits per heavy atom. The number of urea groups is 1. The average molecular weight is 439 g/mol. The minimum atomic E-state index is -0.0681. The molecule has 0 saturated heterocycles. The van der Waals surface area contributed by atoms with Crippen LogP contribution in [0.4, 0.5) is 16.6 Å². The van der Waals surface area contributed by atoms with Gasteiger partial charge in [-0.1, -0.05) is 18.2 Å². The Kier molecular flexibility index (Phi) is 6.86. The molecule has 1 saturated carbocycles. The Hall–Kier alpha value is -2.87. The first-order valence-corrected chi connectivity index (χ1v) is 11.7. The Morgan fingerprint density at radius 1 is 1.06 bits per heavy atom. The van der Waals surface area contributed by atoms with Gasteiger partial charge < -0.3 is 20.9 Å². The number of amides is 2. The van der Waals surface area contributed by atoms with E-state index in [1.807, 2.05) is 43.3 Å². The summed E-state index contributed by atoms with van der Waals surface area (Å²) in [7, 11) is 4.00. The number of rotatable bonds is 7. The average Bonchev–Trinajstić information content (AvgIpc) is 3.28. The van der Waals surface area contributed by atoms with Crippen molar-refractivity contribution in [2.75, 3.05) is 30.9 Å². The zero-order chi connectivity index (χ0) is 21.6. The summed E-state index contributed by atoms with van der Waals surface area (Å²) in [6, 6.07) is 12.7. The molecule has 7 nitrogen and oxygen atoms in total.